The van der Waals surface area contributed by atoms with Crippen LogP contribution in [0.4, 0.5) is 13.2 Å². The van der Waals surface area contributed by atoms with Gasteiger partial charge in [0.25, 0.3) is 0 Å². The summed E-state index contributed by atoms with van der Waals surface area (Å²) < 4.78 is 62.3. The van der Waals surface area contributed by atoms with E-state index < -0.39 is 28.0 Å². The molecule has 0 spiro atoms. The van der Waals surface area contributed by atoms with Gasteiger partial charge in [-0.05, 0) is 17.7 Å². The number of ether oxygens (including phenoxy) is 1. The molecule has 0 aromatic heterocycles. The Morgan fingerprint density at radius 2 is 2.05 bits per heavy atom. The quantitative estimate of drug-likeness (QED) is 0.629. The Bertz CT molecular complexity index is 531. The molecule has 0 aliphatic heterocycles. The van der Waals surface area contributed by atoms with E-state index in [9.17, 15) is 21.6 Å². The third-order valence-electron chi connectivity index (χ3n) is 2.16. The Morgan fingerprint density at radius 1 is 1.42 bits per heavy atom. The maximum atomic E-state index is 12.1. The van der Waals surface area contributed by atoms with E-state index in [0.717, 1.165) is 18.4 Å². The van der Waals surface area contributed by atoms with Crippen molar-refractivity contribution < 1.29 is 26.3 Å². The highest BCUT2D eigenvalue weighted by molar-refractivity contribution is 7.90. The highest BCUT2D eigenvalue weighted by Crippen LogP contribution is 2.25. The molecule has 0 radical (unpaired) electrons. The average Bonchev–Trinajstić information content (AvgIpc) is 2.22. The lowest BCUT2D eigenvalue weighted by atomic mass is 10.1. The van der Waals surface area contributed by atoms with E-state index >= 15 is 0 Å². The number of hydrogen-bond acceptors (Lipinski definition) is 5. The molecule has 0 aliphatic rings. The third-order valence-corrected chi connectivity index (χ3v) is 3.10. The van der Waals surface area contributed by atoms with Crippen molar-refractivity contribution in [3.8, 4) is 5.75 Å². The van der Waals surface area contributed by atoms with Crippen LogP contribution in [0.2, 0.25) is 0 Å². The molecule has 1 aromatic rings. The lowest BCUT2D eigenvalue weighted by Crippen LogP contribution is -2.33. The van der Waals surface area contributed by atoms with E-state index in [4.69, 9.17) is 5.84 Å². The van der Waals surface area contributed by atoms with Crippen LogP contribution in [-0.2, 0) is 9.84 Å². The van der Waals surface area contributed by atoms with Crippen LogP contribution in [0, 0.1) is 0 Å². The zero-order valence-corrected chi connectivity index (χ0v) is 10.8. The maximum absolute atomic E-state index is 12.1. The standard InChI is InChI=1S/C10H13F3N2O3S/c1-19(16,17)6-9(15-14)7-3-2-4-8(5-7)18-10(11,12)13/h2-5,9,15H,6,14H2,1H3. The summed E-state index contributed by atoms with van der Waals surface area (Å²) in [6, 6.07) is 4.17. The van der Waals surface area contributed by atoms with E-state index in [0.29, 0.717) is 0 Å². The van der Waals surface area contributed by atoms with Gasteiger partial charge in [0.2, 0.25) is 0 Å². The number of hydrazine groups is 1. The van der Waals surface area contributed by atoms with Gasteiger partial charge < -0.3 is 4.74 Å². The Hall–Kier alpha value is -1.32. The largest absolute Gasteiger partial charge is 0.573 e. The van der Waals surface area contributed by atoms with Crippen LogP contribution in [0.5, 0.6) is 5.75 Å². The highest BCUT2D eigenvalue weighted by atomic mass is 32.2. The zero-order valence-electron chi connectivity index (χ0n) is 9.94. The van der Waals surface area contributed by atoms with E-state index in [2.05, 4.69) is 10.2 Å². The van der Waals surface area contributed by atoms with Crippen LogP contribution >= 0.6 is 0 Å². The van der Waals surface area contributed by atoms with Crippen LogP contribution in [0.3, 0.4) is 0 Å². The van der Waals surface area contributed by atoms with Crippen molar-refractivity contribution in [2.75, 3.05) is 12.0 Å². The SMILES string of the molecule is CS(=O)(=O)CC(NN)c1cccc(OC(F)(F)F)c1. The second-order valence-electron chi connectivity index (χ2n) is 3.93. The van der Waals surface area contributed by atoms with Crippen molar-refractivity contribution in [2.45, 2.75) is 12.4 Å². The Balaban J connectivity index is 2.96. The van der Waals surface area contributed by atoms with Gasteiger partial charge in [0, 0.05) is 6.26 Å². The fourth-order valence-corrected chi connectivity index (χ4v) is 2.37. The zero-order chi connectivity index (χ0) is 14.7. The number of rotatable bonds is 5. The first-order chi connectivity index (χ1) is 8.61. The normalized spacial score (nSPS) is 14.2. The van der Waals surface area contributed by atoms with Crippen molar-refractivity contribution in [3.63, 3.8) is 0 Å². The summed E-state index contributed by atoms with van der Waals surface area (Å²) in [4.78, 5) is 0. The minimum absolute atomic E-state index is 0.287. The van der Waals surface area contributed by atoms with E-state index in [1.165, 1.54) is 12.1 Å². The topological polar surface area (TPSA) is 81.4 Å². The summed E-state index contributed by atoms with van der Waals surface area (Å²) in [5, 5.41) is 0. The van der Waals surface area contributed by atoms with Gasteiger partial charge in [0.15, 0.2) is 0 Å². The summed E-state index contributed by atoms with van der Waals surface area (Å²) in [6.45, 7) is 0. The molecule has 1 unspecified atom stereocenters. The molecule has 108 valence electrons. The second-order valence-corrected chi connectivity index (χ2v) is 6.12. The molecule has 9 heteroatoms. The van der Waals surface area contributed by atoms with Gasteiger partial charge in [-0.25, -0.2) is 8.42 Å². The number of alkyl halides is 3. The van der Waals surface area contributed by atoms with Crippen LogP contribution in [-0.4, -0.2) is 26.8 Å². The Morgan fingerprint density at radius 3 is 2.53 bits per heavy atom. The van der Waals surface area contributed by atoms with Crippen LogP contribution < -0.4 is 16.0 Å². The maximum Gasteiger partial charge on any atom is 0.573 e. The minimum atomic E-state index is -4.80. The minimum Gasteiger partial charge on any atom is -0.406 e. The number of hydrogen-bond donors (Lipinski definition) is 2. The second kappa shape index (κ2) is 5.76. The molecule has 0 bridgehead atoms. The van der Waals surface area contributed by atoms with Crippen molar-refractivity contribution in [1.82, 2.24) is 5.43 Å². The number of nitrogens with one attached hydrogen (secondary N) is 1. The number of sulfone groups is 1. The van der Waals surface area contributed by atoms with Crippen LogP contribution in [0.1, 0.15) is 11.6 Å². The molecule has 0 amide bonds. The van der Waals surface area contributed by atoms with E-state index in [1.54, 1.807) is 0 Å². The van der Waals surface area contributed by atoms with Crippen LogP contribution in [0.25, 0.3) is 0 Å². The lowest BCUT2D eigenvalue weighted by Gasteiger charge is -2.16. The molecule has 0 saturated heterocycles. The highest BCUT2D eigenvalue weighted by Gasteiger charge is 2.31. The molecule has 1 aromatic carbocycles. The van der Waals surface area contributed by atoms with Crippen molar-refractivity contribution >= 4 is 9.84 Å². The number of benzene rings is 1. The number of halogens is 3. The molecule has 1 atom stereocenters. The molecule has 0 aliphatic carbocycles. The van der Waals surface area contributed by atoms with Gasteiger partial charge in [-0.3, -0.25) is 11.3 Å². The molecule has 0 heterocycles. The van der Waals surface area contributed by atoms with Crippen LogP contribution in [0.15, 0.2) is 24.3 Å². The van der Waals surface area contributed by atoms with Gasteiger partial charge in [0.05, 0.1) is 11.8 Å². The summed E-state index contributed by atoms with van der Waals surface area (Å²) in [5.41, 5.74) is 2.54. The third kappa shape index (κ3) is 5.90. The summed E-state index contributed by atoms with van der Waals surface area (Å²) in [5.74, 6) is 4.45. The molecular formula is C10H13F3N2O3S. The predicted octanol–water partition coefficient (Wildman–Crippen LogP) is 1.13. The van der Waals surface area contributed by atoms with E-state index in [1.807, 2.05) is 0 Å². The predicted molar refractivity (Wildman–Crippen MR) is 62.9 cm³/mol. The fourth-order valence-electron chi connectivity index (χ4n) is 1.47. The number of nitrogens with two attached hydrogens (primary N) is 1. The monoisotopic (exact) mass is 298 g/mol. The first-order valence-electron chi connectivity index (χ1n) is 5.10. The molecule has 19 heavy (non-hydrogen) atoms. The smallest absolute Gasteiger partial charge is 0.406 e. The van der Waals surface area contributed by atoms with Crippen molar-refractivity contribution in [2.24, 2.45) is 5.84 Å². The van der Waals surface area contributed by atoms with Crippen molar-refractivity contribution in [3.05, 3.63) is 29.8 Å². The van der Waals surface area contributed by atoms with Crippen molar-refractivity contribution in [1.29, 1.82) is 0 Å². The van der Waals surface area contributed by atoms with Gasteiger partial charge in [-0.1, -0.05) is 12.1 Å². The average molecular weight is 298 g/mol. The molecule has 0 saturated carbocycles. The van der Waals surface area contributed by atoms with Gasteiger partial charge in [-0.15, -0.1) is 13.2 Å². The summed E-state index contributed by atoms with van der Waals surface area (Å²) in [7, 11) is -3.34. The molecule has 3 N–H and O–H groups in total. The Kier molecular flexibility index (Phi) is 4.77. The molecular weight excluding hydrogens is 285 g/mol. The first kappa shape index (κ1) is 15.7. The fraction of sp³-hybridized carbons (Fsp3) is 0.400. The first-order valence-corrected chi connectivity index (χ1v) is 7.16. The summed E-state index contributed by atoms with van der Waals surface area (Å²) in [6.07, 6.45) is -3.80. The summed E-state index contributed by atoms with van der Waals surface area (Å²) >= 11 is 0. The lowest BCUT2D eigenvalue weighted by molar-refractivity contribution is -0.274. The molecule has 5 nitrogen and oxygen atoms in total. The van der Waals surface area contributed by atoms with Gasteiger partial charge >= 0.3 is 6.36 Å². The van der Waals surface area contributed by atoms with Gasteiger partial charge in [0.1, 0.15) is 15.6 Å². The Labute approximate surface area is 108 Å². The molecule has 1 rings (SSSR count). The van der Waals surface area contributed by atoms with E-state index in [-0.39, 0.29) is 11.3 Å². The van der Waals surface area contributed by atoms with Gasteiger partial charge in [-0.2, -0.15) is 0 Å². The molecule has 0 fully saturated rings.